The van der Waals surface area contributed by atoms with Gasteiger partial charge in [-0.3, -0.25) is 0 Å². The van der Waals surface area contributed by atoms with Crippen molar-refractivity contribution in [1.82, 2.24) is 10.6 Å². The first-order valence-corrected chi connectivity index (χ1v) is 9.78. The molecule has 4 N–H and O–H groups in total. The molecule has 156 valence electrons. The van der Waals surface area contributed by atoms with E-state index in [2.05, 4.69) is 29.7 Å². The van der Waals surface area contributed by atoms with Gasteiger partial charge in [-0.25, -0.2) is 13.6 Å². The van der Waals surface area contributed by atoms with E-state index in [9.17, 15) is 18.7 Å². The van der Waals surface area contributed by atoms with E-state index >= 15 is 0 Å². The average Bonchev–Trinajstić information content (AvgIpc) is 3.46. The second-order valence-electron chi connectivity index (χ2n) is 7.62. The SMILES string of the molecule is CCc1cccc(C2(NC[C@@H](O)[C@H](Cc3cc(F)cc(F)c3)NC(=O)O)CC2)c1. The first-order chi connectivity index (χ1) is 13.8. The number of hydrogen-bond donors (Lipinski definition) is 4. The quantitative estimate of drug-likeness (QED) is 0.517. The third kappa shape index (κ3) is 5.52. The highest BCUT2D eigenvalue weighted by Gasteiger charge is 2.44. The van der Waals surface area contributed by atoms with Gasteiger partial charge in [-0.2, -0.15) is 0 Å². The first-order valence-electron chi connectivity index (χ1n) is 9.78. The summed E-state index contributed by atoms with van der Waals surface area (Å²) < 4.78 is 26.9. The second kappa shape index (κ2) is 8.88. The zero-order valence-electron chi connectivity index (χ0n) is 16.3. The third-order valence-corrected chi connectivity index (χ3v) is 5.44. The Kier molecular flexibility index (Phi) is 6.49. The van der Waals surface area contributed by atoms with E-state index in [0.717, 1.165) is 43.0 Å². The van der Waals surface area contributed by atoms with Crippen LogP contribution in [0, 0.1) is 11.6 Å². The number of aliphatic hydroxyl groups is 1. The lowest BCUT2D eigenvalue weighted by atomic mass is 9.98. The molecule has 0 spiro atoms. The summed E-state index contributed by atoms with van der Waals surface area (Å²) in [5.41, 5.74) is 2.44. The van der Waals surface area contributed by atoms with E-state index in [1.807, 2.05) is 12.1 Å². The molecule has 2 atom stereocenters. The molecule has 0 radical (unpaired) electrons. The Labute approximate surface area is 168 Å². The van der Waals surface area contributed by atoms with Gasteiger partial charge in [-0.1, -0.05) is 31.2 Å². The minimum absolute atomic E-state index is 0.0256. The van der Waals surface area contributed by atoms with Crippen LogP contribution in [0.5, 0.6) is 0 Å². The molecule has 3 rings (SSSR count). The van der Waals surface area contributed by atoms with Crippen molar-refractivity contribution in [2.24, 2.45) is 0 Å². The molecule has 2 aromatic carbocycles. The molecule has 1 fully saturated rings. The van der Waals surface area contributed by atoms with Crippen LogP contribution in [-0.4, -0.2) is 35.0 Å². The van der Waals surface area contributed by atoms with Crippen molar-refractivity contribution in [2.45, 2.75) is 50.3 Å². The molecule has 2 aromatic rings. The van der Waals surface area contributed by atoms with Crippen molar-refractivity contribution in [3.05, 3.63) is 70.8 Å². The van der Waals surface area contributed by atoms with Crippen LogP contribution in [0.25, 0.3) is 0 Å². The molecule has 7 heteroatoms. The molecule has 1 aliphatic carbocycles. The molecule has 0 unspecified atom stereocenters. The lowest BCUT2D eigenvalue weighted by Gasteiger charge is -2.26. The Balaban J connectivity index is 1.68. The topological polar surface area (TPSA) is 81.6 Å². The predicted molar refractivity (Wildman–Crippen MR) is 106 cm³/mol. The van der Waals surface area contributed by atoms with Gasteiger partial charge in [0, 0.05) is 18.2 Å². The van der Waals surface area contributed by atoms with Gasteiger partial charge < -0.3 is 20.8 Å². The maximum absolute atomic E-state index is 13.5. The molecule has 0 heterocycles. The van der Waals surface area contributed by atoms with Gasteiger partial charge >= 0.3 is 6.09 Å². The average molecular weight is 404 g/mol. The summed E-state index contributed by atoms with van der Waals surface area (Å²) in [4.78, 5) is 11.2. The number of halogens is 2. The molecule has 0 aromatic heterocycles. The molecule has 0 aliphatic heterocycles. The number of nitrogens with one attached hydrogen (secondary N) is 2. The highest BCUT2D eigenvalue weighted by atomic mass is 19.1. The number of rotatable bonds is 9. The van der Waals surface area contributed by atoms with Crippen molar-refractivity contribution in [3.8, 4) is 0 Å². The number of carbonyl (C=O) groups is 1. The van der Waals surface area contributed by atoms with Crippen molar-refractivity contribution < 1.29 is 23.8 Å². The molecule has 1 saturated carbocycles. The van der Waals surface area contributed by atoms with E-state index in [1.54, 1.807) is 0 Å². The van der Waals surface area contributed by atoms with E-state index in [0.29, 0.717) is 0 Å². The van der Waals surface area contributed by atoms with Gasteiger partial charge in [0.2, 0.25) is 0 Å². The summed E-state index contributed by atoms with van der Waals surface area (Å²) in [6.45, 7) is 2.24. The molecule has 1 aliphatic rings. The Hall–Kier alpha value is -2.51. The van der Waals surface area contributed by atoms with Crippen LogP contribution in [0.2, 0.25) is 0 Å². The highest BCUT2D eigenvalue weighted by molar-refractivity contribution is 5.65. The fourth-order valence-corrected chi connectivity index (χ4v) is 3.65. The molecular formula is C22H26F2N2O3. The monoisotopic (exact) mass is 404 g/mol. The molecule has 29 heavy (non-hydrogen) atoms. The molecule has 1 amide bonds. The number of carboxylic acid groups (broad SMARTS) is 1. The zero-order valence-corrected chi connectivity index (χ0v) is 16.3. The minimum Gasteiger partial charge on any atom is -0.465 e. The van der Waals surface area contributed by atoms with Crippen LogP contribution in [0.1, 0.15) is 36.5 Å². The van der Waals surface area contributed by atoms with Crippen molar-refractivity contribution in [2.75, 3.05) is 6.54 Å². The predicted octanol–water partition coefficient (Wildman–Crippen LogP) is 3.35. The number of hydrogen-bond acceptors (Lipinski definition) is 3. The molecule has 0 saturated heterocycles. The highest BCUT2D eigenvalue weighted by Crippen LogP contribution is 2.45. The Morgan fingerprint density at radius 2 is 1.83 bits per heavy atom. The normalized spacial score (nSPS) is 16.8. The maximum Gasteiger partial charge on any atom is 0.404 e. The second-order valence-corrected chi connectivity index (χ2v) is 7.62. The summed E-state index contributed by atoms with van der Waals surface area (Å²) >= 11 is 0. The maximum atomic E-state index is 13.5. The van der Waals surface area contributed by atoms with Gasteiger partial charge in [0.15, 0.2) is 0 Å². The van der Waals surface area contributed by atoms with E-state index < -0.39 is 29.9 Å². The molecule has 0 bridgehead atoms. The summed E-state index contributed by atoms with van der Waals surface area (Å²) in [5.74, 6) is -1.48. The van der Waals surface area contributed by atoms with Crippen LogP contribution in [0.15, 0.2) is 42.5 Å². The lowest BCUT2D eigenvalue weighted by Crippen LogP contribution is -2.49. The fraction of sp³-hybridized carbons (Fsp3) is 0.409. The Morgan fingerprint density at radius 3 is 2.41 bits per heavy atom. The van der Waals surface area contributed by atoms with Crippen molar-refractivity contribution in [1.29, 1.82) is 0 Å². The van der Waals surface area contributed by atoms with E-state index in [-0.39, 0.29) is 24.1 Å². The van der Waals surface area contributed by atoms with Gasteiger partial charge in [-0.05, 0) is 54.5 Å². The smallest absolute Gasteiger partial charge is 0.404 e. The number of amides is 1. The fourth-order valence-electron chi connectivity index (χ4n) is 3.65. The van der Waals surface area contributed by atoms with Crippen LogP contribution < -0.4 is 10.6 Å². The summed E-state index contributed by atoms with van der Waals surface area (Å²) in [6, 6.07) is 10.4. The minimum atomic E-state index is -1.30. The summed E-state index contributed by atoms with van der Waals surface area (Å²) in [5, 5.41) is 25.4. The largest absolute Gasteiger partial charge is 0.465 e. The van der Waals surface area contributed by atoms with E-state index in [4.69, 9.17) is 5.11 Å². The van der Waals surface area contributed by atoms with E-state index in [1.165, 1.54) is 5.56 Å². The van der Waals surface area contributed by atoms with Gasteiger partial charge in [0.1, 0.15) is 11.6 Å². The van der Waals surface area contributed by atoms with Crippen molar-refractivity contribution >= 4 is 6.09 Å². The van der Waals surface area contributed by atoms with Crippen LogP contribution in [0.4, 0.5) is 13.6 Å². The standard InChI is InChI=1S/C22H26F2N2O3/c1-2-14-4-3-5-16(8-14)22(6-7-22)25-13-20(27)19(26-21(28)29)11-15-9-17(23)12-18(24)10-15/h3-5,8-10,12,19-20,25-27H,2,6-7,11,13H2,1H3,(H,28,29)/t19-,20+/m0/s1. The van der Waals surface area contributed by atoms with Gasteiger partial charge in [0.25, 0.3) is 0 Å². The summed E-state index contributed by atoms with van der Waals surface area (Å²) in [6.07, 6.45) is 0.397. The Morgan fingerprint density at radius 1 is 1.14 bits per heavy atom. The van der Waals surface area contributed by atoms with Crippen LogP contribution in [-0.2, 0) is 18.4 Å². The number of aliphatic hydroxyl groups excluding tert-OH is 1. The number of benzene rings is 2. The molecular weight excluding hydrogens is 378 g/mol. The first kappa shape index (κ1) is 21.2. The van der Waals surface area contributed by atoms with Crippen LogP contribution in [0.3, 0.4) is 0 Å². The Bertz CT molecular complexity index is 851. The molecule has 5 nitrogen and oxygen atoms in total. The van der Waals surface area contributed by atoms with Gasteiger partial charge in [0.05, 0.1) is 12.1 Å². The number of aryl methyl sites for hydroxylation is 1. The van der Waals surface area contributed by atoms with Crippen LogP contribution >= 0.6 is 0 Å². The van der Waals surface area contributed by atoms with Gasteiger partial charge in [-0.15, -0.1) is 0 Å². The lowest BCUT2D eigenvalue weighted by molar-refractivity contribution is 0.114. The summed E-state index contributed by atoms with van der Waals surface area (Å²) in [7, 11) is 0. The third-order valence-electron chi connectivity index (χ3n) is 5.44. The van der Waals surface area contributed by atoms with Crippen molar-refractivity contribution in [3.63, 3.8) is 0 Å². The zero-order chi connectivity index (χ0) is 21.0.